The second kappa shape index (κ2) is 9.60. The van der Waals surface area contributed by atoms with Crippen molar-refractivity contribution in [1.82, 2.24) is 34.9 Å². The summed E-state index contributed by atoms with van der Waals surface area (Å²) in [6, 6.07) is 5.66. The normalized spacial score (nSPS) is 18.5. The van der Waals surface area contributed by atoms with Gasteiger partial charge >= 0.3 is 0 Å². The molecule has 0 radical (unpaired) electrons. The number of amides is 1. The third-order valence-electron chi connectivity index (χ3n) is 6.88. The fourth-order valence-electron chi connectivity index (χ4n) is 4.99. The molecule has 2 aliphatic heterocycles. The number of hydrogen-bond donors (Lipinski definition) is 3. The van der Waals surface area contributed by atoms with Crippen LogP contribution in [0.5, 0.6) is 5.75 Å². The number of aliphatic hydroxyl groups is 1. The van der Waals surface area contributed by atoms with Gasteiger partial charge in [0.2, 0.25) is 5.91 Å². The molecule has 6 rings (SSSR count). The Kier molecular flexibility index (Phi) is 6.28. The molecule has 0 bridgehead atoms. The van der Waals surface area contributed by atoms with E-state index in [0.717, 1.165) is 28.8 Å². The number of nitrogens with one attached hydrogen (secondary N) is 2. The van der Waals surface area contributed by atoms with Gasteiger partial charge in [-0.1, -0.05) is 23.2 Å². The molecule has 5 heterocycles. The Morgan fingerprint density at radius 1 is 1.27 bits per heavy atom. The van der Waals surface area contributed by atoms with E-state index in [0.29, 0.717) is 65.5 Å². The number of rotatable bonds is 6. The summed E-state index contributed by atoms with van der Waals surface area (Å²) in [5.74, 6) is 1.31. The molecule has 3 aromatic heterocycles. The minimum absolute atomic E-state index is 0.0394. The number of hydrogen-bond acceptors (Lipinski definition) is 7. The number of fused-ring (bicyclic) bond motifs is 2. The molecule has 2 atom stereocenters. The Balaban J connectivity index is 1.19. The topological polar surface area (TPSA) is 123 Å². The van der Waals surface area contributed by atoms with Crippen LogP contribution in [-0.4, -0.2) is 71.7 Å². The summed E-state index contributed by atoms with van der Waals surface area (Å²) >= 11 is 12.6. The maximum atomic E-state index is 12.7. The number of aromatic amines is 2. The molecule has 4 aromatic rings. The van der Waals surface area contributed by atoms with E-state index in [2.05, 4.69) is 20.2 Å². The van der Waals surface area contributed by atoms with Crippen molar-refractivity contribution in [2.75, 3.05) is 19.6 Å². The van der Waals surface area contributed by atoms with Gasteiger partial charge in [0.1, 0.15) is 17.5 Å². The average Bonchev–Trinajstić information content (AvgIpc) is 3.62. The van der Waals surface area contributed by atoms with E-state index in [1.165, 1.54) is 0 Å². The molecule has 1 aromatic carbocycles. The van der Waals surface area contributed by atoms with E-state index < -0.39 is 6.10 Å². The van der Waals surface area contributed by atoms with Crippen LogP contribution in [0.1, 0.15) is 36.4 Å². The zero-order valence-electron chi connectivity index (χ0n) is 20.0. The van der Waals surface area contributed by atoms with Crippen molar-refractivity contribution in [1.29, 1.82) is 0 Å². The molecule has 192 valence electrons. The second-order valence-electron chi connectivity index (χ2n) is 9.49. The van der Waals surface area contributed by atoms with E-state index in [-0.39, 0.29) is 12.0 Å². The SMILES string of the molecule is CC(Oc1ccc2[nH]nc(-c3nc4c([nH]3)CN(C(=O)CN3CC[C@@H](O)C3)C4)c2c1)c1c(Cl)cncc1Cl. The van der Waals surface area contributed by atoms with Crippen LogP contribution < -0.4 is 4.74 Å². The van der Waals surface area contributed by atoms with Crippen LogP contribution in [0.3, 0.4) is 0 Å². The van der Waals surface area contributed by atoms with Crippen LogP contribution in [0.2, 0.25) is 10.0 Å². The third kappa shape index (κ3) is 4.66. The lowest BCUT2D eigenvalue weighted by atomic mass is 10.1. The fourth-order valence-corrected chi connectivity index (χ4v) is 5.66. The smallest absolute Gasteiger partial charge is 0.237 e. The van der Waals surface area contributed by atoms with Crippen molar-refractivity contribution in [2.45, 2.75) is 38.6 Å². The van der Waals surface area contributed by atoms with Crippen molar-refractivity contribution in [3.8, 4) is 17.3 Å². The molecular weight excluding hydrogens is 517 g/mol. The Hall–Kier alpha value is -3.18. The lowest BCUT2D eigenvalue weighted by Gasteiger charge is -2.20. The molecule has 0 saturated carbocycles. The summed E-state index contributed by atoms with van der Waals surface area (Å²) in [6.07, 6.45) is 3.07. The maximum Gasteiger partial charge on any atom is 0.237 e. The van der Waals surface area contributed by atoms with Gasteiger partial charge in [-0.25, -0.2) is 4.98 Å². The van der Waals surface area contributed by atoms with E-state index >= 15 is 0 Å². The standard InChI is InChI=1S/C25H25Cl2N7O3/c1-13(23-17(26)7-28-8-18(23)27)37-15-2-3-19-16(6-15)24(32-31-19)25-29-20-10-34(11-21(20)30-25)22(36)12-33-5-4-14(35)9-33/h2-3,6-8,13-14,35H,4-5,9-12H2,1H3,(H,29,30)(H,31,32)/t13?,14-/m1/s1. The van der Waals surface area contributed by atoms with Crippen LogP contribution in [0.25, 0.3) is 22.4 Å². The first kappa shape index (κ1) is 24.2. The number of ether oxygens (including phenoxy) is 1. The summed E-state index contributed by atoms with van der Waals surface area (Å²) in [6.45, 7) is 4.40. The van der Waals surface area contributed by atoms with Crippen LogP contribution in [0.15, 0.2) is 30.6 Å². The number of halogens is 2. The highest BCUT2D eigenvalue weighted by Crippen LogP contribution is 2.35. The zero-order chi connectivity index (χ0) is 25.7. The van der Waals surface area contributed by atoms with Gasteiger partial charge in [-0.05, 0) is 31.5 Å². The monoisotopic (exact) mass is 541 g/mol. The van der Waals surface area contributed by atoms with Gasteiger partial charge in [-0.3, -0.25) is 19.8 Å². The van der Waals surface area contributed by atoms with Crippen LogP contribution >= 0.6 is 23.2 Å². The van der Waals surface area contributed by atoms with Crippen LogP contribution in [-0.2, 0) is 17.9 Å². The van der Waals surface area contributed by atoms with E-state index in [1.54, 1.807) is 17.3 Å². The first-order valence-corrected chi connectivity index (χ1v) is 12.8. The number of nitrogens with zero attached hydrogens (tertiary/aromatic N) is 5. The lowest BCUT2D eigenvalue weighted by Crippen LogP contribution is -2.37. The second-order valence-corrected chi connectivity index (χ2v) is 10.3. The first-order chi connectivity index (χ1) is 17.9. The van der Waals surface area contributed by atoms with Gasteiger partial charge in [-0.2, -0.15) is 5.10 Å². The number of imidazole rings is 1. The third-order valence-corrected chi connectivity index (χ3v) is 7.48. The van der Waals surface area contributed by atoms with Crippen molar-refractivity contribution in [3.05, 3.63) is 57.6 Å². The zero-order valence-corrected chi connectivity index (χ0v) is 21.6. The molecule has 1 fully saturated rings. The Morgan fingerprint density at radius 2 is 2.08 bits per heavy atom. The van der Waals surface area contributed by atoms with E-state index in [4.69, 9.17) is 32.9 Å². The minimum atomic E-state index is -0.393. The Labute approximate surface area is 222 Å². The molecular formula is C25H25Cl2N7O3. The number of aromatic nitrogens is 5. The predicted molar refractivity (Wildman–Crippen MR) is 138 cm³/mol. The summed E-state index contributed by atoms with van der Waals surface area (Å²) in [5.41, 5.74) is 3.93. The number of aliphatic hydroxyl groups excluding tert-OH is 1. The summed E-state index contributed by atoms with van der Waals surface area (Å²) in [4.78, 5) is 28.6. The van der Waals surface area contributed by atoms with Gasteiger partial charge in [0, 0.05) is 36.4 Å². The van der Waals surface area contributed by atoms with Crippen molar-refractivity contribution >= 4 is 40.0 Å². The molecule has 1 unspecified atom stereocenters. The number of H-pyrrole nitrogens is 2. The summed E-state index contributed by atoms with van der Waals surface area (Å²) < 4.78 is 6.16. The molecule has 0 spiro atoms. The first-order valence-electron chi connectivity index (χ1n) is 12.1. The van der Waals surface area contributed by atoms with Gasteiger partial charge in [0.15, 0.2) is 5.82 Å². The summed E-state index contributed by atoms with van der Waals surface area (Å²) in [5, 5.41) is 19.0. The minimum Gasteiger partial charge on any atom is -0.486 e. The fraction of sp³-hybridized carbons (Fsp3) is 0.360. The number of pyridine rings is 1. The molecule has 1 saturated heterocycles. The molecule has 2 aliphatic rings. The van der Waals surface area contributed by atoms with Gasteiger partial charge < -0.3 is 19.7 Å². The number of carbonyl (C=O) groups is 1. The van der Waals surface area contributed by atoms with E-state index in [9.17, 15) is 9.90 Å². The number of likely N-dealkylation sites (tertiary alicyclic amines) is 1. The molecule has 1 amide bonds. The number of carbonyl (C=O) groups excluding carboxylic acids is 1. The molecule has 12 heteroatoms. The number of benzene rings is 1. The largest absolute Gasteiger partial charge is 0.486 e. The quantitative estimate of drug-likeness (QED) is 0.340. The van der Waals surface area contributed by atoms with Gasteiger partial charge in [0.05, 0.1) is 52.7 Å². The van der Waals surface area contributed by atoms with Gasteiger partial charge in [-0.15, -0.1) is 0 Å². The maximum absolute atomic E-state index is 12.7. The Morgan fingerprint density at radius 3 is 2.81 bits per heavy atom. The molecule has 37 heavy (non-hydrogen) atoms. The number of β-amino-alcohol motifs (C(OH)–C–C–N with tert-alkyl or cyclic N) is 1. The highest BCUT2D eigenvalue weighted by Gasteiger charge is 2.30. The summed E-state index contributed by atoms with van der Waals surface area (Å²) in [7, 11) is 0. The van der Waals surface area contributed by atoms with Gasteiger partial charge in [0.25, 0.3) is 0 Å². The highest BCUT2D eigenvalue weighted by molar-refractivity contribution is 6.35. The van der Waals surface area contributed by atoms with E-state index in [1.807, 2.05) is 30.0 Å². The van der Waals surface area contributed by atoms with Crippen LogP contribution in [0.4, 0.5) is 0 Å². The van der Waals surface area contributed by atoms with Crippen molar-refractivity contribution < 1.29 is 14.6 Å². The molecule has 10 nitrogen and oxygen atoms in total. The van der Waals surface area contributed by atoms with Crippen molar-refractivity contribution in [2.24, 2.45) is 0 Å². The average molecular weight is 542 g/mol. The highest BCUT2D eigenvalue weighted by atomic mass is 35.5. The van der Waals surface area contributed by atoms with Crippen LogP contribution in [0, 0.1) is 0 Å². The lowest BCUT2D eigenvalue weighted by molar-refractivity contribution is -0.132. The van der Waals surface area contributed by atoms with Crippen molar-refractivity contribution in [3.63, 3.8) is 0 Å². The predicted octanol–water partition coefficient (Wildman–Crippen LogP) is 3.70. The molecule has 0 aliphatic carbocycles. The molecule has 3 N–H and O–H groups in total. The Bertz CT molecular complexity index is 1440.